The second-order valence-electron chi connectivity index (χ2n) is 2.38. The average Bonchev–Trinajstić information content (AvgIpc) is 2.19. The molecule has 0 radical (unpaired) electrons. The van der Waals surface area contributed by atoms with Crippen molar-refractivity contribution in [2.75, 3.05) is 13.7 Å². The van der Waals surface area contributed by atoms with Gasteiger partial charge in [0, 0.05) is 22.0 Å². The Balaban J connectivity index is 2.60. The van der Waals surface area contributed by atoms with Gasteiger partial charge in [-0.1, -0.05) is 0 Å². The van der Waals surface area contributed by atoms with Crippen molar-refractivity contribution in [1.29, 1.82) is 0 Å². The highest BCUT2D eigenvalue weighted by molar-refractivity contribution is 9.10. The van der Waals surface area contributed by atoms with Crippen LogP contribution < -0.4 is 9.47 Å². The van der Waals surface area contributed by atoms with E-state index in [1.54, 1.807) is 6.07 Å². The molecule has 1 aromatic heterocycles. The van der Waals surface area contributed by atoms with E-state index in [1.807, 2.05) is 0 Å². The second kappa shape index (κ2) is 4.80. The van der Waals surface area contributed by atoms with E-state index in [0.29, 0.717) is 15.1 Å². The average molecular weight is 262 g/mol. The number of pyridine rings is 1. The molecular formula is C8H8BrNO4. The summed E-state index contributed by atoms with van der Waals surface area (Å²) in [5.41, 5.74) is 0. The van der Waals surface area contributed by atoms with Gasteiger partial charge in [0.1, 0.15) is 0 Å². The summed E-state index contributed by atoms with van der Waals surface area (Å²) in [6.07, 6.45) is 1.22. The molecule has 0 atom stereocenters. The zero-order valence-corrected chi connectivity index (χ0v) is 8.98. The third-order valence-electron chi connectivity index (χ3n) is 1.42. The first-order valence-electron chi connectivity index (χ1n) is 3.72. The minimum atomic E-state index is -0.495. The van der Waals surface area contributed by atoms with Gasteiger partial charge in [-0.3, -0.25) is 0 Å². The lowest BCUT2D eigenvalue weighted by atomic mass is 10.5. The third kappa shape index (κ3) is 2.88. The zero-order valence-electron chi connectivity index (χ0n) is 7.40. The van der Waals surface area contributed by atoms with Crippen molar-refractivity contribution in [1.82, 2.24) is 0 Å². The normalized spacial score (nSPS) is 9.57. The van der Waals surface area contributed by atoms with Crippen molar-refractivity contribution in [3.63, 3.8) is 0 Å². The molecule has 1 heterocycles. The minimum Gasteiger partial charge on any atom is -0.618 e. The Bertz CT molecular complexity index is 342. The van der Waals surface area contributed by atoms with E-state index < -0.39 is 5.97 Å². The molecule has 0 amide bonds. The van der Waals surface area contributed by atoms with Crippen LogP contribution in [-0.2, 0) is 9.53 Å². The number of esters is 1. The van der Waals surface area contributed by atoms with Crippen molar-refractivity contribution in [2.45, 2.75) is 0 Å². The molecule has 0 saturated heterocycles. The maximum atomic E-state index is 11.0. The predicted octanol–water partition coefficient (Wildman–Crippen LogP) is 0.634. The van der Waals surface area contributed by atoms with Crippen LogP contribution in [0.2, 0.25) is 0 Å². The Kier molecular flexibility index (Phi) is 3.70. The van der Waals surface area contributed by atoms with E-state index in [9.17, 15) is 10.0 Å². The standard InChI is InChI=1S/C8H8BrNO4/c1-13-8(11)5-14-6-2-3-7(9)10(12)4-6/h2-4H,5H2,1H3. The number of halogens is 1. The Morgan fingerprint density at radius 1 is 1.64 bits per heavy atom. The van der Waals surface area contributed by atoms with Crippen molar-refractivity contribution in [3.8, 4) is 5.75 Å². The van der Waals surface area contributed by atoms with Gasteiger partial charge in [0.25, 0.3) is 4.60 Å². The van der Waals surface area contributed by atoms with Gasteiger partial charge < -0.3 is 14.7 Å². The first-order valence-corrected chi connectivity index (χ1v) is 4.51. The number of hydrogen-bond donors (Lipinski definition) is 0. The summed E-state index contributed by atoms with van der Waals surface area (Å²) in [4.78, 5) is 10.7. The van der Waals surface area contributed by atoms with Gasteiger partial charge in [0.15, 0.2) is 12.4 Å². The Hall–Kier alpha value is -1.30. The fraction of sp³-hybridized carbons (Fsp3) is 0.250. The first kappa shape index (κ1) is 10.8. The maximum absolute atomic E-state index is 11.0. The van der Waals surface area contributed by atoms with Gasteiger partial charge in [0.05, 0.1) is 7.11 Å². The summed E-state index contributed by atoms with van der Waals surface area (Å²) in [7, 11) is 1.26. The highest BCUT2D eigenvalue weighted by atomic mass is 79.9. The van der Waals surface area contributed by atoms with E-state index in [1.165, 1.54) is 19.4 Å². The van der Waals surface area contributed by atoms with Crippen LogP contribution in [0.15, 0.2) is 22.9 Å². The van der Waals surface area contributed by atoms with Crippen LogP contribution in [0.5, 0.6) is 5.75 Å². The lowest BCUT2D eigenvalue weighted by Gasteiger charge is -2.04. The number of hydrogen-bond acceptors (Lipinski definition) is 4. The molecule has 0 saturated carbocycles. The van der Waals surface area contributed by atoms with Gasteiger partial charge in [-0.2, -0.15) is 4.73 Å². The van der Waals surface area contributed by atoms with Gasteiger partial charge in [-0.25, -0.2) is 4.79 Å². The summed E-state index contributed by atoms with van der Waals surface area (Å²) in [5.74, 6) is -0.182. The number of carbonyl (C=O) groups excluding carboxylic acids is 1. The summed E-state index contributed by atoms with van der Waals surface area (Å²) >= 11 is 3.03. The number of nitrogens with zero attached hydrogens (tertiary/aromatic N) is 1. The van der Waals surface area contributed by atoms with E-state index in [4.69, 9.17) is 4.74 Å². The summed E-state index contributed by atoms with van der Waals surface area (Å²) in [5, 5.41) is 11.0. The minimum absolute atomic E-state index is 0.210. The van der Waals surface area contributed by atoms with Crippen LogP contribution in [-0.4, -0.2) is 19.7 Å². The molecule has 0 aromatic carbocycles. The van der Waals surface area contributed by atoms with Crippen LogP contribution in [0, 0.1) is 5.21 Å². The molecule has 0 fully saturated rings. The van der Waals surface area contributed by atoms with Crippen molar-refractivity contribution >= 4 is 21.9 Å². The van der Waals surface area contributed by atoms with E-state index in [0.717, 1.165) is 0 Å². The molecule has 0 spiro atoms. The fourth-order valence-corrected chi connectivity index (χ4v) is 0.966. The summed E-state index contributed by atoms with van der Waals surface area (Å²) in [6, 6.07) is 3.10. The van der Waals surface area contributed by atoms with Gasteiger partial charge in [-0.15, -0.1) is 0 Å². The molecular weight excluding hydrogens is 254 g/mol. The fourth-order valence-electron chi connectivity index (χ4n) is 0.731. The maximum Gasteiger partial charge on any atom is 0.343 e. The van der Waals surface area contributed by atoms with Crippen LogP contribution >= 0.6 is 15.9 Å². The molecule has 1 rings (SSSR count). The smallest absolute Gasteiger partial charge is 0.343 e. The Morgan fingerprint density at radius 3 is 2.93 bits per heavy atom. The molecule has 0 N–H and O–H groups in total. The highest BCUT2D eigenvalue weighted by Gasteiger charge is 2.06. The lowest BCUT2D eigenvalue weighted by Crippen LogP contribution is -2.27. The quantitative estimate of drug-likeness (QED) is 0.347. The molecule has 1 aromatic rings. The molecule has 0 aliphatic heterocycles. The molecule has 0 aliphatic rings. The number of ether oxygens (including phenoxy) is 2. The SMILES string of the molecule is COC(=O)COc1ccc(Br)[n+]([O-])c1. The van der Waals surface area contributed by atoms with Crippen LogP contribution in [0.1, 0.15) is 0 Å². The lowest BCUT2D eigenvalue weighted by molar-refractivity contribution is -0.617. The van der Waals surface area contributed by atoms with Crippen molar-refractivity contribution < 1.29 is 19.0 Å². The molecule has 0 aliphatic carbocycles. The van der Waals surface area contributed by atoms with Gasteiger partial charge in [-0.05, 0) is 6.07 Å². The van der Waals surface area contributed by atoms with Crippen molar-refractivity contribution in [3.05, 3.63) is 28.1 Å². The zero-order chi connectivity index (χ0) is 10.6. The largest absolute Gasteiger partial charge is 0.618 e. The summed E-state index contributed by atoms with van der Waals surface area (Å²) in [6.45, 7) is -0.210. The predicted molar refractivity (Wildman–Crippen MR) is 50.6 cm³/mol. The monoisotopic (exact) mass is 261 g/mol. The Morgan fingerprint density at radius 2 is 2.36 bits per heavy atom. The number of aromatic nitrogens is 1. The van der Waals surface area contributed by atoms with Gasteiger partial charge >= 0.3 is 5.97 Å². The van der Waals surface area contributed by atoms with Crippen LogP contribution in [0.4, 0.5) is 0 Å². The van der Waals surface area contributed by atoms with E-state index in [2.05, 4.69) is 20.7 Å². The molecule has 6 heteroatoms. The Labute approximate surface area is 89.0 Å². The molecule has 76 valence electrons. The van der Waals surface area contributed by atoms with E-state index >= 15 is 0 Å². The molecule has 14 heavy (non-hydrogen) atoms. The topological polar surface area (TPSA) is 62.5 Å². The molecule has 0 unspecified atom stereocenters. The van der Waals surface area contributed by atoms with Crippen LogP contribution in [0.25, 0.3) is 0 Å². The van der Waals surface area contributed by atoms with E-state index in [-0.39, 0.29) is 6.61 Å². The van der Waals surface area contributed by atoms with Gasteiger partial charge in [0.2, 0.25) is 6.20 Å². The number of rotatable bonds is 3. The first-order chi connectivity index (χ1) is 6.63. The number of carbonyl (C=O) groups is 1. The summed E-state index contributed by atoms with van der Waals surface area (Å²) < 4.78 is 10.3. The van der Waals surface area contributed by atoms with Crippen molar-refractivity contribution in [2.24, 2.45) is 0 Å². The van der Waals surface area contributed by atoms with Crippen LogP contribution in [0.3, 0.4) is 0 Å². The number of methoxy groups -OCH3 is 1. The molecule has 5 nitrogen and oxygen atoms in total. The highest BCUT2D eigenvalue weighted by Crippen LogP contribution is 2.10. The molecule has 0 bridgehead atoms. The second-order valence-corrected chi connectivity index (χ2v) is 3.19. The third-order valence-corrected chi connectivity index (χ3v) is 2.04.